The van der Waals surface area contributed by atoms with Crippen molar-refractivity contribution in [2.24, 2.45) is 0 Å². The largest absolute Gasteiger partial charge is 0.462 e. The molecule has 0 aromatic rings. The number of carbonyl (C=O) groups is 3. The van der Waals surface area contributed by atoms with Gasteiger partial charge in [-0.05, 0) is 44.9 Å². The first kappa shape index (κ1) is 67.1. The zero-order valence-corrected chi connectivity index (χ0v) is 46.9. The third-order valence-corrected chi connectivity index (χ3v) is 14.3. The molecule has 0 N–H and O–H groups in total. The van der Waals surface area contributed by atoms with E-state index in [9.17, 15) is 14.4 Å². The van der Waals surface area contributed by atoms with Gasteiger partial charge < -0.3 is 14.2 Å². The van der Waals surface area contributed by atoms with Crippen molar-refractivity contribution in [3.63, 3.8) is 0 Å². The Morgan fingerprint density at radius 3 is 0.725 bits per heavy atom. The second kappa shape index (κ2) is 58.7. The van der Waals surface area contributed by atoms with Crippen LogP contribution in [0.2, 0.25) is 0 Å². The molecule has 0 aliphatic carbocycles. The Morgan fingerprint density at radius 1 is 0.275 bits per heavy atom. The van der Waals surface area contributed by atoms with E-state index >= 15 is 0 Å². The highest BCUT2D eigenvalue weighted by Gasteiger charge is 2.19. The summed E-state index contributed by atoms with van der Waals surface area (Å²) >= 11 is 0. The lowest BCUT2D eigenvalue weighted by Gasteiger charge is -2.18. The highest BCUT2D eigenvalue weighted by molar-refractivity contribution is 5.71. The molecule has 0 aliphatic heterocycles. The maximum Gasteiger partial charge on any atom is 0.306 e. The van der Waals surface area contributed by atoms with Gasteiger partial charge >= 0.3 is 17.9 Å². The van der Waals surface area contributed by atoms with Gasteiger partial charge in [-0.1, -0.05) is 303 Å². The van der Waals surface area contributed by atoms with Crippen molar-refractivity contribution >= 4 is 17.9 Å². The Morgan fingerprint density at radius 2 is 0.478 bits per heavy atom. The van der Waals surface area contributed by atoms with Gasteiger partial charge in [0.05, 0.1) is 0 Å². The first-order chi connectivity index (χ1) is 34.0. The van der Waals surface area contributed by atoms with Gasteiger partial charge in [-0.2, -0.15) is 0 Å². The lowest BCUT2D eigenvalue weighted by Crippen LogP contribution is -2.30. The predicted octanol–water partition coefficient (Wildman–Crippen LogP) is 20.9. The number of unbranched alkanes of at least 4 members (excludes halogenated alkanes) is 45. The molecule has 0 heterocycles. The highest BCUT2D eigenvalue weighted by atomic mass is 16.6. The van der Waals surface area contributed by atoms with E-state index in [-0.39, 0.29) is 31.1 Å². The third-order valence-electron chi connectivity index (χ3n) is 14.3. The molecule has 0 fully saturated rings. The van der Waals surface area contributed by atoms with E-state index in [2.05, 4.69) is 32.9 Å². The second-order valence-electron chi connectivity index (χ2n) is 21.3. The van der Waals surface area contributed by atoms with Gasteiger partial charge in [0.25, 0.3) is 0 Å². The fraction of sp³-hybridized carbons (Fsp3) is 0.921. The van der Waals surface area contributed by atoms with E-state index in [0.29, 0.717) is 19.3 Å². The molecule has 6 heteroatoms. The van der Waals surface area contributed by atoms with Gasteiger partial charge in [-0.3, -0.25) is 14.4 Å². The molecule has 0 saturated heterocycles. The van der Waals surface area contributed by atoms with E-state index < -0.39 is 6.10 Å². The zero-order chi connectivity index (χ0) is 50.0. The maximum absolute atomic E-state index is 12.9. The first-order valence-corrected chi connectivity index (χ1v) is 31.2. The summed E-state index contributed by atoms with van der Waals surface area (Å²) in [5.74, 6) is -0.835. The highest BCUT2D eigenvalue weighted by Crippen LogP contribution is 2.18. The fourth-order valence-electron chi connectivity index (χ4n) is 9.56. The van der Waals surface area contributed by atoms with Crippen molar-refractivity contribution in [2.45, 2.75) is 361 Å². The molecule has 0 aliphatic rings. The van der Waals surface area contributed by atoms with Gasteiger partial charge in [0.15, 0.2) is 6.10 Å². The van der Waals surface area contributed by atoms with Crippen LogP contribution in [-0.2, 0) is 28.6 Å². The van der Waals surface area contributed by atoms with Crippen molar-refractivity contribution in [3.05, 3.63) is 12.2 Å². The lowest BCUT2D eigenvalue weighted by molar-refractivity contribution is -0.167. The molecule has 0 aromatic carbocycles. The van der Waals surface area contributed by atoms with Gasteiger partial charge in [-0.15, -0.1) is 0 Å². The summed E-state index contributed by atoms with van der Waals surface area (Å²) in [7, 11) is 0. The molecule has 0 unspecified atom stereocenters. The molecule has 69 heavy (non-hydrogen) atoms. The summed E-state index contributed by atoms with van der Waals surface area (Å²) in [6.45, 7) is 6.71. The maximum atomic E-state index is 12.9. The average molecular weight is 974 g/mol. The van der Waals surface area contributed by atoms with Crippen LogP contribution in [-0.4, -0.2) is 37.2 Å². The quantitative estimate of drug-likeness (QED) is 0.0261. The summed E-state index contributed by atoms with van der Waals surface area (Å²) in [5, 5.41) is 0. The van der Waals surface area contributed by atoms with Crippen LogP contribution >= 0.6 is 0 Å². The average Bonchev–Trinajstić information content (AvgIpc) is 3.35. The Hall–Kier alpha value is -1.85. The molecule has 0 spiro atoms. The smallest absolute Gasteiger partial charge is 0.306 e. The minimum absolute atomic E-state index is 0.0636. The number of allylic oxidation sites excluding steroid dienone is 2. The topological polar surface area (TPSA) is 78.9 Å². The van der Waals surface area contributed by atoms with Crippen molar-refractivity contribution in [1.29, 1.82) is 0 Å². The number of hydrogen-bond donors (Lipinski definition) is 0. The lowest BCUT2D eigenvalue weighted by atomic mass is 10.0. The van der Waals surface area contributed by atoms with Crippen LogP contribution in [0.15, 0.2) is 12.2 Å². The van der Waals surface area contributed by atoms with Crippen molar-refractivity contribution in [3.8, 4) is 0 Å². The molecular formula is C63H120O6. The van der Waals surface area contributed by atoms with Crippen LogP contribution in [0.1, 0.15) is 355 Å². The Bertz CT molecular complexity index is 1020. The van der Waals surface area contributed by atoms with Crippen LogP contribution in [0.4, 0.5) is 0 Å². The van der Waals surface area contributed by atoms with Crippen LogP contribution in [0.5, 0.6) is 0 Å². The monoisotopic (exact) mass is 973 g/mol. The number of ether oxygens (including phenoxy) is 3. The van der Waals surface area contributed by atoms with E-state index in [1.54, 1.807) is 0 Å². The van der Waals surface area contributed by atoms with Crippen molar-refractivity contribution in [2.75, 3.05) is 13.2 Å². The molecule has 0 bridgehead atoms. The van der Waals surface area contributed by atoms with Crippen LogP contribution < -0.4 is 0 Å². The minimum atomic E-state index is -0.765. The number of rotatable bonds is 58. The van der Waals surface area contributed by atoms with Gasteiger partial charge in [0.1, 0.15) is 13.2 Å². The van der Waals surface area contributed by atoms with Crippen LogP contribution in [0.3, 0.4) is 0 Å². The summed E-state index contributed by atoms with van der Waals surface area (Å²) in [6, 6.07) is 0. The van der Waals surface area contributed by atoms with Gasteiger partial charge in [0, 0.05) is 19.3 Å². The number of carbonyl (C=O) groups excluding carboxylic acids is 3. The first-order valence-electron chi connectivity index (χ1n) is 31.2. The Balaban J connectivity index is 4.28. The third kappa shape index (κ3) is 56.9. The summed E-state index contributed by atoms with van der Waals surface area (Å²) in [4.78, 5) is 38.2. The van der Waals surface area contributed by atoms with Crippen molar-refractivity contribution < 1.29 is 28.6 Å². The van der Waals surface area contributed by atoms with Crippen LogP contribution in [0, 0.1) is 0 Å². The van der Waals surface area contributed by atoms with Crippen LogP contribution in [0.25, 0.3) is 0 Å². The zero-order valence-electron chi connectivity index (χ0n) is 46.9. The number of esters is 3. The summed E-state index contributed by atoms with van der Waals surface area (Å²) < 4.78 is 16.9. The molecule has 6 nitrogen and oxygen atoms in total. The molecule has 0 atom stereocenters. The van der Waals surface area contributed by atoms with E-state index in [1.165, 1.54) is 257 Å². The molecule has 408 valence electrons. The van der Waals surface area contributed by atoms with E-state index in [0.717, 1.165) is 57.8 Å². The van der Waals surface area contributed by atoms with Crippen molar-refractivity contribution in [1.82, 2.24) is 0 Å². The Kier molecular flexibility index (Phi) is 57.1. The fourth-order valence-corrected chi connectivity index (χ4v) is 9.56. The van der Waals surface area contributed by atoms with Gasteiger partial charge in [0.2, 0.25) is 0 Å². The Labute approximate surface area is 431 Å². The van der Waals surface area contributed by atoms with Gasteiger partial charge in [-0.25, -0.2) is 0 Å². The predicted molar refractivity (Wildman–Crippen MR) is 298 cm³/mol. The molecular weight excluding hydrogens is 853 g/mol. The molecule has 0 radical (unpaired) electrons. The van der Waals surface area contributed by atoms with E-state index in [1.807, 2.05) is 0 Å². The SMILES string of the molecule is CCCCCCCC/C=C\CCCCCCCCCCCCCC(=O)OC(COC(=O)CCCCCCCCCCCCCCCCC)COC(=O)CCCCCCCCCCCCCCCCC. The number of hydrogen-bond acceptors (Lipinski definition) is 6. The second-order valence-corrected chi connectivity index (χ2v) is 21.3. The molecule has 0 rings (SSSR count). The standard InChI is InChI=1S/C63H120O6/c1-4-7-10-13-16-19-22-25-28-29-30-31-32-33-36-39-42-45-48-51-54-57-63(66)69-60(58-67-61(64)55-52-49-46-43-40-37-34-26-23-20-17-14-11-8-5-2)59-68-62(65)56-53-50-47-44-41-38-35-27-24-21-18-15-12-9-6-3/h25,28,60H,4-24,26-27,29-59H2,1-3H3/b28-25-. The molecule has 0 aromatic heterocycles. The molecule has 0 amide bonds. The summed E-state index contributed by atoms with van der Waals surface area (Å²) in [5.41, 5.74) is 0. The van der Waals surface area contributed by atoms with E-state index in [4.69, 9.17) is 14.2 Å². The molecule has 0 saturated carbocycles. The normalized spacial score (nSPS) is 11.6. The minimum Gasteiger partial charge on any atom is -0.462 e. The summed E-state index contributed by atoms with van der Waals surface area (Å²) in [6.07, 6.45) is 67.8.